The van der Waals surface area contributed by atoms with Crippen molar-refractivity contribution < 1.29 is 5.11 Å². The second-order valence-corrected chi connectivity index (χ2v) is 7.21. The van der Waals surface area contributed by atoms with Crippen LogP contribution >= 0.6 is 0 Å². The van der Waals surface area contributed by atoms with Crippen LogP contribution in [-0.4, -0.2) is 30.3 Å². The summed E-state index contributed by atoms with van der Waals surface area (Å²) in [4.78, 5) is 2.38. The van der Waals surface area contributed by atoms with E-state index in [1.165, 1.54) is 30.5 Å². The monoisotopic (exact) mass is 302 g/mol. The van der Waals surface area contributed by atoms with Gasteiger partial charge in [-0.1, -0.05) is 25.5 Å². The molecule has 22 heavy (non-hydrogen) atoms. The van der Waals surface area contributed by atoms with E-state index in [2.05, 4.69) is 48.3 Å². The lowest BCUT2D eigenvalue weighted by molar-refractivity contribution is 0.145. The molecule has 3 unspecified atom stereocenters. The molecule has 0 aromatic heterocycles. The van der Waals surface area contributed by atoms with Crippen LogP contribution in [0.1, 0.15) is 57.6 Å². The number of hydrogen-bond donors (Lipinski definition) is 2. The van der Waals surface area contributed by atoms with Crippen LogP contribution in [0.2, 0.25) is 0 Å². The van der Waals surface area contributed by atoms with Gasteiger partial charge in [0.05, 0.1) is 6.10 Å². The molecule has 3 nitrogen and oxygen atoms in total. The molecule has 1 aliphatic heterocycles. The highest BCUT2D eigenvalue weighted by Gasteiger charge is 2.24. The van der Waals surface area contributed by atoms with Crippen molar-refractivity contribution in [3.8, 4) is 0 Å². The Bertz CT molecular complexity index is 465. The lowest BCUT2D eigenvalue weighted by Gasteiger charge is -2.31. The van der Waals surface area contributed by atoms with E-state index in [9.17, 15) is 5.11 Å². The third-order valence-corrected chi connectivity index (χ3v) is 5.55. The Hall–Kier alpha value is -1.06. The second kappa shape index (κ2) is 7.01. The van der Waals surface area contributed by atoms with Crippen LogP contribution in [0.25, 0.3) is 0 Å². The summed E-state index contributed by atoms with van der Waals surface area (Å²) < 4.78 is 0. The number of aliphatic hydroxyl groups is 1. The molecular formula is C19H30N2O. The predicted octanol–water partition coefficient (Wildman–Crippen LogP) is 3.49. The second-order valence-electron chi connectivity index (χ2n) is 7.21. The molecule has 1 aromatic carbocycles. The Morgan fingerprint density at radius 3 is 2.36 bits per heavy atom. The summed E-state index contributed by atoms with van der Waals surface area (Å²) in [6.07, 6.45) is 5.72. The molecule has 1 aromatic rings. The third-order valence-electron chi connectivity index (χ3n) is 5.55. The summed E-state index contributed by atoms with van der Waals surface area (Å²) in [5.74, 6) is 0.807. The van der Waals surface area contributed by atoms with E-state index in [4.69, 9.17) is 0 Å². The topological polar surface area (TPSA) is 35.5 Å². The highest BCUT2D eigenvalue weighted by molar-refractivity contribution is 5.48. The van der Waals surface area contributed by atoms with Gasteiger partial charge in [0.15, 0.2) is 0 Å². The van der Waals surface area contributed by atoms with Gasteiger partial charge in [0, 0.05) is 30.9 Å². The fourth-order valence-electron chi connectivity index (χ4n) is 3.91. The van der Waals surface area contributed by atoms with Gasteiger partial charge < -0.3 is 15.3 Å². The number of anilines is 1. The van der Waals surface area contributed by atoms with Gasteiger partial charge >= 0.3 is 0 Å². The molecule has 0 amide bonds. The zero-order valence-corrected chi connectivity index (χ0v) is 14.0. The Kier molecular flexibility index (Phi) is 5.04. The fraction of sp³-hybridized carbons (Fsp3) is 0.684. The van der Waals surface area contributed by atoms with E-state index in [1.807, 2.05) is 0 Å². The van der Waals surface area contributed by atoms with Crippen LogP contribution in [0.3, 0.4) is 0 Å². The summed E-state index contributed by atoms with van der Waals surface area (Å²) in [7, 11) is 0. The quantitative estimate of drug-likeness (QED) is 0.894. The largest absolute Gasteiger partial charge is 0.393 e. The fourth-order valence-corrected chi connectivity index (χ4v) is 3.91. The lowest BCUT2D eigenvalue weighted by Crippen LogP contribution is -2.35. The first-order chi connectivity index (χ1) is 10.6. The Morgan fingerprint density at radius 1 is 1.09 bits per heavy atom. The summed E-state index contributed by atoms with van der Waals surface area (Å²) in [6, 6.07) is 10.1. The molecule has 1 aliphatic carbocycles. The molecule has 1 heterocycles. The van der Waals surface area contributed by atoms with Crippen LogP contribution in [0.4, 0.5) is 5.69 Å². The van der Waals surface area contributed by atoms with Gasteiger partial charge in [-0.05, 0) is 56.2 Å². The van der Waals surface area contributed by atoms with Crippen LogP contribution in [0.5, 0.6) is 0 Å². The summed E-state index contributed by atoms with van der Waals surface area (Å²) in [6.45, 7) is 6.57. The van der Waals surface area contributed by atoms with Gasteiger partial charge in [0.25, 0.3) is 0 Å². The minimum absolute atomic E-state index is 0.104. The van der Waals surface area contributed by atoms with Crippen molar-refractivity contribution in [3.05, 3.63) is 29.8 Å². The maximum Gasteiger partial charge on any atom is 0.0574 e. The predicted molar refractivity (Wildman–Crippen MR) is 92.2 cm³/mol. The zero-order chi connectivity index (χ0) is 15.5. The molecule has 3 atom stereocenters. The molecule has 2 fully saturated rings. The molecule has 2 N–H and O–H groups in total. The molecule has 3 rings (SSSR count). The number of hydrogen-bond acceptors (Lipinski definition) is 3. The van der Waals surface area contributed by atoms with Crippen LogP contribution in [0.15, 0.2) is 24.3 Å². The number of aliphatic hydroxyl groups excluding tert-OH is 1. The number of benzene rings is 1. The zero-order valence-electron chi connectivity index (χ0n) is 14.0. The third kappa shape index (κ3) is 3.64. The molecule has 1 saturated carbocycles. The first-order valence-corrected chi connectivity index (χ1v) is 8.92. The number of rotatable bonds is 4. The number of nitrogens with zero attached hydrogens (tertiary/aromatic N) is 1. The summed E-state index contributed by atoms with van der Waals surface area (Å²) in [5.41, 5.74) is 2.66. The molecule has 0 radical (unpaired) electrons. The summed E-state index contributed by atoms with van der Waals surface area (Å²) >= 11 is 0. The highest BCUT2D eigenvalue weighted by atomic mass is 16.3. The Morgan fingerprint density at radius 2 is 1.77 bits per heavy atom. The van der Waals surface area contributed by atoms with Crippen molar-refractivity contribution in [1.82, 2.24) is 5.32 Å². The van der Waals surface area contributed by atoms with E-state index in [0.29, 0.717) is 12.1 Å². The first-order valence-electron chi connectivity index (χ1n) is 8.92. The van der Waals surface area contributed by atoms with E-state index >= 15 is 0 Å². The van der Waals surface area contributed by atoms with Crippen LogP contribution in [-0.2, 0) is 0 Å². The van der Waals surface area contributed by atoms with Crippen molar-refractivity contribution in [3.63, 3.8) is 0 Å². The number of piperidine rings is 1. The van der Waals surface area contributed by atoms with Gasteiger partial charge in [0.1, 0.15) is 0 Å². The van der Waals surface area contributed by atoms with Crippen molar-refractivity contribution in [2.24, 2.45) is 5.92 Å². The molecule has 122 valence electrons. The van der Waals surface area contributed by atoms with E-state index in [0.717, 1.165) is 31.8 Å². The molecule has 0 bridgehead atoms. The minimum Gasteiger partial charge on any atom is -0.393 e. The first kappa shape index (κ1) is 15.8. The standard InChI is InChI=1S/C19H30N2O/c1-14-4-3-5-19(14)20-15(2)16-6-8-17(9-7-16)21-12-10-18(22)11-13-21/h6-9,14-15,18-20,22H,3-5,10-13H2,1-2H3. The SMILES string of the molecule is CC(NC1CCCC1C)c1ccc(N2CCC(O)CC2)cc1. The Balaban J connectivity index is 1.58. The van der Waals surface area contributed by atoms with E-state index in [-0.39, 0.29) is 6.10 Å². The van der Waals surface area contributed by atoms with Gasteiger partial charge in [-0.2, -0.15) is 0 Å². The van der Waals surface area contributed by atoms with E-state index < -0.39 is 0 Å². The van der Waals surface area contributed by atoms with Gasteiger partial charge in [-0.25, -0.2) is 0 Å². The van der Waals surface area contributed by atoms with Crippen LogP contribution in [0, 0.1) is 5.92 Å². The van der Waals surface area contributed by atoms with Crippen molar-refractivity contribution in [2.45, 2.75) is 64.1 Å². The van der Waals surface area contributed by atoms with Gasteiger partial charge in [-0.3, -0.25) is 0 Å². The smallest absolute Gasteiger partial charge is 0.0574 e. The average Bonchev–Trinajstić information content (AvgIpc) is 2.93. The molecular weight excluding hydrogens is 272 g/mol. The van der Waals surface area contributed by atoms with Gasteiger partial charge in [-0.15, -0.1) is 0 Å². The lowest BCUT2D eigenvalue weighted by atomic mass is 10.0. The number of nitrogens with one attached hydrogen (secondary N) is 1. The van der Waals surface area contributed by atoms with Crippen molar-refractivity contribution in [2.75, 3.05) is 18.0 Å². The molecule has 0 spiro atoms. The maximum atomic E-state index is 9.61. The van der Waals surface area contributed by atoms with Crippen molar-refractivity contribution in [1.29, 1.82) is 0 Å². The normalized spacial score (nSPS) is 28.0. The molecule has 1 saturated heterocycles. The highest BCUT2D eigenvalue weighted by Crippen LogP contribution is 2.28. The van der Waals surface area contributed by atoms with Crippen LogP contribution < -0.4 is 10.2 Å². The van der Waals surface area contributed by atoms with Gasteiger partial charge in [0.2, 0.25) is 0 Å². The Labute approximate surface area is 134 Å². The van der Waals surface area contributed by atoms with Crippen molar-refractivity contribution >= 4 is 5.69 Å². The molecule has 3 heteroatoms. The maximum absolute atomic E-state index is 9.61. The van der Waals surface area contributed by atoms with E-state index in [1.54, 1.807) is 0 Å². The molecule has 2 aliphatic rings. The average molecular weight is 302 g/mol. The minimum atomic E-state index is -0.104. The summed E-state index contributed by atoms with van der Waals surface area (Å²) in [5, 5.41) is 13.4.